The van der Waals surface area contributed by atoms with Crippen molar-refractivity contribution in [3.63, 3.8) is 0 Å². The SMILES string of the molecule is CCCCc1ccc(N2COc3c(Cl)cc4c(C)c(C)c(=O)oc4c3C2)cc1. The third-order valence-electron chi connectivity index (χ3n) is 5.58. The first-order valence-corrected chi connectivity index (χ1v) is 10.1. The van der Waals surface area contributed by atoms with Crippen molar-refractivity contribution in [2.75, 3.05) is 11.6 Å². The Bertz CT molecular complexity index is 1090. The number of benzene rings is 2. The number of unbranched alkanes of at least 4 members (excludes halogenated alkanes) is 1. The number of nitrogens with zero attached hydrogens (tertiary/aromatic N) is 1. The molecule has 0 atom stereocenters. The van der Waals surface area contributed by atoms with E-state index in [0.29, 0.717) is 35.2 Å². The van der Waals surface area contributed by atoms with Crippen LogP contribution >= 0.6 is 11.6 Å². The summed E-state index contributed by atoms with van der Waals surface area (Å²) in [7, 11) is 0. The van der Waals surface area contributed by atoms with Gasteiger partial charge in [-0.15, -0.1) is 0 Å². The summed E-state index contributed by atoms with van der Waals surface area (Å²) in [5.74, 6) is 0.608. The molecule has 0 saturated carbocycles. The van der Waals surface area contributed by atoms with Crippen molar-refractivity contribution in [1.82, 2.24) is 0 Å². The van der Waals surface area contributed by atoms with Crippen molar-refractivity contribution in [2.24, 2.45) is 0 Å². The summed E-state index contributed by atoms with van der Waals surface area (Å²) in [5, 5.41) is 1.41. The average molecular weight is 398 g/mol. The van der Waals surface area contributed by atoms with Crippen LogP contribution in [-0.4, -0.2) is 6.73 Å². The number of halogens is 1. The van der Waals surface area contributed by atoms with Gasteiger partial charge < -0.3 is 14.1 Å². The molecule has 5 heteroatoms. The molecule has 0 saturated heterocycles. The van der Waals surface area contributed by atoms with Gasteiger partial charge in [-0.1, -0.05) is 37.1 Å². The lowest BCUT2D eigenvalue weighted by molar-refractivity contribution is 0.289. The van der Waals surface area contributed by atoms with Crippen LogP contribution in [0, 0.1) is 13.8 Å². The second kappa shape index (κ2) is 7.51. The molecule has 0 spiro atoms. The summed E-state index contributed by atoms with van der Waals surface area (Å²) >= 11 is 6.48. The minimum atomic E-state index is -0.313. The molecule has 2 aromatic carbocycles. The monoisotopic (exact) mass is 397 g/mol. The second-order valence-corrected chi connectivity index (χ2v) is 7.83. The Hall–Kier alpha value is -2.46. The van der Waals surface area contributed by atoms with Gasteiger partial charge in [0, 0.05) is 16.6 Å². The van der Waals surface area contributed by atoms with Crippen LogP contribution in [0.4, 0.5) is 5.69 Å². The molecule has 0 bridgehead atoms. The summed E-state index contributed by atoms with van der Waals surface area (Å²) in [6.07, 6.45) is 3.48. The normalized spacial score (nSPS) is 13.5. The number of rotatable bonds is 4. The van der Waals surface area contributed by atoms with Crippen LogP contribution in [-0.2, 0) is 13.0 Å². The van der Waals surface area contributed by atoms with E-state index in [-0.39, 0.29) is 5.63 Å². The smallest absolute Gasteiger partial charge is 0.339 e. The van der Waals surface area contributed by atoms with Crippen molar-refractivity contribution in [2.45, 2.75) is 46.6 Å². The Morgan fingerprint density at radius 2 is 1.89 bits per heavy atom. The number of fused-ring (bicyclic) bond motifs is 3. The molecular weight excluding hydrogens is 374 g/mol. The molecule has 0 radical (unpaired) electrons. The molecule has 0 N–H and O–H groups in total. The van der Waals surface area contributed by atoms with E-state index in [1.807, 2.05) is 13.0 Å². The molecule has 1 aliphatic rings. The Labute approximate surface area is 169 Å². The lowest BCUT2D eigenvalue weighted by atomic mass is 10.0. The third-order valence-corrected chi connectivity index (χ3v) is 5.86. The van der Waals surface area contributed by atoms with Gasteiger partial charge >= 0.3 is 5.63 Å². The molecule has 4 rings (SSSR count). The van der Waals surface area contributed by atoms with Crippen LogP contribution in [0.2, 0.25) is 5.02 Å². The lowest BCUT2D eigenvalue weighted by Gasteiger charge is -2.31. The average Bonchev–Trinajstić information content (AvgIpc) is 2.72. The van der Waals surface area contributed by atoms with E-state index in [4.69, 9.17) is 20.8 Å². The van der Waals surface area contributed by atoms with E-state index in [0.717, 1.165) is 28.6 Å². The second-order valence-electron chi connectivity index (χ2n) is 7.42. The Morgan fingerprint density at radius 3 is 2.61 bits per heavy atom. The molecule has 0 amide bonds. The molecule has 1 aromatic heterocycles. The van der Waals surface area contributed by atoms with Crippen molar-refractivity contribution in [3.8, 4) is 5.75 Å². The zero-order valence-corrected chi connectivity index (χ0v) is 17.2. The van der Waals surface area contributed by atoms with Gasteiger partial charge in [0.05, 0.1) is 17.1 Å². The largest absolute Gasteiger partial charge is 0.471 e. The van der Waals surface area contributed by atoms with Crippen LogP contribution in [0.3, 0.4) is 0 Å². The Balaban J connectivity index is 1.73. The van der Waals surface area contributed by atoms with E-state index in [1.54, 1.807) is 6.92 Å². The van der Waals surface area contributed by atoms with Crippen LogP contribution in [0.5, 0.6) is 5.75 Å². The fraction of sp³-hybridized carbons (Fsp3) is 0.348. The van der Waals surface area contributed by atoms with E-state index < -0.39 is 0 Å². The molecule has 2 heterocycles. The highest BCUT2D eigenvalue weighted by Gasteiger charge is 2.25. The topological polar surface area (TPSA) is 42.7 Å². The van der Waals surface area contributed by atoms with Crippen molar-refractivity contribution in [3.05, 3.63) is 68.0 Å². The van der Waals surface area contributed by atoms with Gasteiger partial charge in [-0.25, -0.2) is 4.79 Å². The first-order valence-electron chi connectivity index (χ1n) is 9.71. The molecule has 4 nitrogen and oxygen atoms in total. The van der Waals surface area contributed by atoms with Crippen molar-refractivity contribution < 1.29 is 9.15 Å². The van der Waals surface area contributed by atoms with Crippen LogP contribution in [0.15, 0.2) is 39.5 Å². The molecule has 1 aliphatic heterocycles. The van der Waals surface area contributed by atoms with Gasteiger partial charge in [0.25, 0.3) is 0 Å². The van der Waals surface area contributed by atoms with Gasteiger partial charge in [0.1, 0.15) is 11.3 Å². The van der Waals surface area contributed by atoms with Crippen LogP contribution < -0.4 is 15.3 Å². The minimum absolute atomic E-state index is 0.313. The maximum absolute atomic E-state index is 12.2. The van der Waals surface area contributed by atoms with Crippen LogP contribution in [0.1, 0.15) is 42.0 Å². The molecule has 0 aliphatic carbocycles. The number of ether oxygens (including phenoxy) is 1. The molecule has 146 valence electrons. The summed E-state index contributed by atoms with van der Waals surface area (Å²) in [6.45, 7) is 6.88. The zero-order valence-electron chi connectivity index (χ0n) is 16.5. The predicted molar refractivity (Wildman–Crippen MR) is 114 cm³/mol. The maximum Gasteiger partial charge on any atom is 0.339 e. The predicted octanol–water partition coefficient (Wildman–Crippen LogP) is 5.76. The first-order chi connectivity index (χ1) is 13.5. The molecule has 3 aromatic rings. The fourth-order valence-corrected chi connectivity index (χ4v) is 3.96. The van der Waals surface area contributed by atoms with Gasteiger partial charge in [0.2, 0.25) is 0 Å². The van der Waals surface area contributed by atoms with E-state index in [9.17, 15) is 4.79 Å². The van der Waals surface area contributed by atoms with E-state index in [2.05, 4.69) is 36.1 Å². The Kier molecular flexibility index (Phi) is 5.07. The number of aryl methyl sites for hydroxylation is 2. The Morgan fingerprint density at radius 1 is 1.14 bits per heavy atom. The third kappa shape index (κ3) is 3.26. The van der Waals surface area contributed by atoms with Gasteiger partial charge in [-0.05, 0) is 56.0 Å². The van der Waals surface area contributed by atoms with E-state index >= 15 is 0 Å². The number of hydrogen-bond acceptors (Lipinski definition) is 4. The zero-order chi connectivity index (χ0) is 19.8. The molecular formula is C23H24ClNO3. The number of hydrogen-bond donors (Lipinski definition) is 0. The lowest BCUT2D eigenvalue weighted by Crippen LogP contribution is -2.32. The van der Waals surface area contributed by atoms with Gasteiger partial charge in [0.15, 0.2) is 6.73 Å². The highest BCUT2D eigenvalue weighted by molar-refractivity contribution is 6.33. The molecule has 28 heavy (non-hydrogen) atoms. The van der Waals surface area contributed by atoms with E-state index in [1.165, 1.54) is 18.4 Å². The van der Waals surface area contributed by atoms with Crippen molar-refractivity contribution in [1.29, 1.82) is 0 Å². The summed E-state index contributed by atoms with van der Waals surface area (Å²) in [4.78, 5) is 14.4. The minimum Gasteiger partial charge on any atom is -0.471 e. The highest BCUT2D eigenvalue weighted by Crippen LogP contribution is 2.40. The summed E-state index contributed by atoms with van der Waals surface area (Å²) < 4.78 is 11.6. The van der Waals surface area contributed by atoms with Crippen LogP contribution in [0.25, 0.3) is 11.0 Å². The molecule has 0 unspecified atom stereocenters. The van der Waals surface area contributed by atoms with Crippen molar-refractivity contribution >= 4 is 28.3 Å². The number of anilines is 1. The quantitative estimate of drug-likeness (QED) is 0.525. The van der Waals surface area contributed by atoms with Gasteiger partial charge in [-0.3, -0.25) is 0 Å². The van der Waals surface area contributed by atoms with Gasteiger partial charge in [-0.2, -0.15) is 0 Å². The highest BCUT2D eigenvalue weighted by atomic mass is 35.5. The summed E-state index contributed by atoms with van der Waals surface area (Å²) in [6, 6.07) is 10.4. The molecule has 0 fully saturated rings. The summed E-state index contributed by atoms with van der Waals surface area (Å²) in [5.41, 5.74) is 5.00. The standard InChI is InChI=1S/C23H24ClNO3/c1-4-5-6-16-7-9-17(10-8-16)25-12-19-21-18(11-20(24)22(19)27-13-25)14(2)15(3)23(26)28-21/h7-11H,4-6,12-13H2,1-3H3. The first kappa shape index (κ1) is 18.9. The fourth-order valence-electron chi connectivity index (χ4n) is 3.69. The maximum atomic E-state index is 12.2.